The number of hydrogen-bond acceptors (Lipinski definition) is 11. The van der Waals surface area contributed by atoms with Crippen molar-refractivity contribution in [1.82, 2.24) is 39.6 Å². The molecule has 3 amide bonds. The van der Waals surface area contributed by atoms with Gasteiger partial charge in [-0.1, -0.05) is 60.6 Å². The number of nitrogens with one attached hydrogen (secondary N) is 1. The third kappa shape index (κ3) is 23.3. The zero-order valence-corrected chi connectivity index (χ0v) is 39.1. The lowest BCUT2D eigenvalue weighted by Gasteiger charge is -2.31. The molecular formula is C45H61ClN8O9. The van der Waals surface area contributed by atoms with E-state index in [0.29, 0.717) is 6.54 Å². The van der Waals surface area contributed by atoms with Gasteiger partial charge in [0.15, 0.2) is 0 Å². The number of nitrogens with zero attached hydrogens (tertiary/aromatic N) is 7. The number of carbonyl (C=O) groups is 7. The van der Waals surface area contributed by atoms with Gasteiger partial charge in [0.05, 0.1) is 24.0 Å². The van der Waals surface area contributed by atoms with Crippen LogP contribution in [0.4, 0.5) is 0 Å². The van der Waals surface area contributed by atoms with Crippen molar-refractivity contribution in [1.29, 1.82) is 0 Å². The molecule has 0 saturated carbocycles. The number of carbonyl (C=O) groups excluding carboxylic acids is 6. The van der Waals surface area contributed by atoms with Crippen LogP contribution < -0.4 is 5.32 Å². The van der Waals surface area contributed by atoms with E-state index in [9.17, 15) is 33.6 Å². The average molecular weight is 893 g/mol. The first-order valence-corrected chi connectivity index (χ1v) is 20.0. The highest BCUT2D eigenvalue weighted by Gasteiger charge is 2.29. The number of ether oxygens (including phenoxy) is 1. The Hall–Kier alpha value is -6.49. The minimum Gasteiger partial charge on any atom is -0.478 e. The number of aliphatic carboxylic acids is 1. The summed E-state index contributed by atoms with van der Waals surface area (Å²) in [5.41, 5.74) is 1.30. The molecule has 18 heteroatoms. The van der Waals surface area contributed by atoms with E-state index in [-0.39, 0.29) is 39.2 Å². The molecule has 3 aromatic rings. The summed E-state index contributed by atoms with van der Waals surface area (Å²) in [6.07, 6.45) is 25.4. The Bertz CT molecular complexity index is 2220. The third-order valence-electron chi connectivity index (χ3n) is 8.00. The molecule has 5 heterocycles. The van der Waals surface area contributed by atoms with Crippen molar-refractivity contribution in [3.05, 3.63) is 96.4 Å². The molecular weight excluding hydrogens is 832 g/mol. The maximum Gasteiger partial charge on any atom is 0.338 e. The van der Waals surface area contributed by atoms with Crippen LogP contribution in [0.2, 0.25) is 0 Å². The summed E-state index contributed by atoms with van der Waals surface area (Å²) < 4.78 is 9.54. The molecule has 0 unspecified atom stereocenters. The molecule has 2 aliphatic heterocycles. The van der Waals surface area contributed by atoms with E-state index >= 15 is 0 Å². The number of imide groups is 1. The van der Waals surface area contributed by atoms with Crippen LogP contribution in [0.5, 0.6) is 0 Å². The minimum absolute atomic E-state index is 0.0225. The monoisotopic (exact) mass is 892 g/mol. The lowest BCUT2D eigenvalue weighted by Crippen LogP contribution is -2.43. The highest BCUT2D eigenvalue weighted by Crippen LogP contribution is 2.24. The summed E-state index contributed by atoms with van der Waals surface area (Å²) in [5, 5.41) is 22.5. The molecule has 0 saturated heterocycles. The van der Waals surface area contributed by atoms with Crippen LogP contribution in [-0.4, -0.2) is 93.3 Å². The van der Waals surface area contributed by atoms with Crippen LogP contribution in [0.3, 0.4) is 0 Å². The quantitative estimate of drug-likeness (QED) is 0.127. The van der Waals surface area contributed by atoms with Crippen molar-refractivity contribution in [3.63, 3.8) is 0 Å². The van der Waals surface area contributed by atoms with Crippen LogP contribution in [0, 0.1) is 21.7 Å². The number of halogens is 1. The second kappa shape index (κ2) is 24.2. The number of aryl methyl sites for hydroxylation is 3. The van der Waals surface area contributed by atoms with Gasteiger partial charge in [-0.05, 0) is 56.7 Å². The second-order valence-electron chi connectivity index (χ2n) is 17.8. The molecule has 17 nitrogen and oxygen atoms in total. The molecule has 5 rings (SSSR count). The Balaban J connectivity index is 0.000000412. The third-order valence-corrected chi connectivity index (χ3v) is 8.56. The average Bonchev–Trinajstić information content (AvgIpc) is 3.92. The minimum atomic E-state index is -0.950. The predicted molar refractivity (Wildman–Crippen MR) is 241 cm³/mol. The summed E-state index contributed by atoms with van der Waals surface area (Å²) in [6, 6.07) is 0. The summed E-state index contributed by atoms with van der Waals surface area (Å²) in [7, 11) is 5.36. The normalized spacial score (nSPS) is 15.2. The molecule has 0 aliphatic carbocycles. The van der Waals surface area contributed by atoms with Gasteiger partial charge >= 0.3 is 17.9 Å². The van der Waals surface area contributed by atoms with Crippen molar-refractivity contribution in [3.8, 4) is 0 Å². The first-order valence-electron chi connectivity index (χ1n) is 19.6. The highest BCUT2D eigenvalue weighted by molar-refractivity contribution is 6.64. The van der Waals surface area contributed by atoms with Crippen molar-refractivity contribution >= 4 is 70.7 Å². The van der Waals surface area contributed by atoms with E-state index in [1.165, 1.54) is 29.2 Å². The van der Waals surface area contributed by atoms with Crippen molar-refractivity contribution in [2.75, 3.05) is 13.1 Å². The fourth-order valence-corrected chi connectivity index (χ4v) is 4.29. The molecule has 3 aromatic heterocycles. The van der Waals surface area contributed by atoms with Gasteiger partial charge < -0.3 is 15.2 Å². The lowest BCUT2D eigenvalue weighted by molar-refractivity contribution is -0.162. The largest absolute Gasteiger partial charge is 0.478 e. The molecule has 2 N–H and O–H groups in total. The molecule has 0 spiro atoms. The summed E-state index contributed by atoms with van der Waals surface area (Å²) in [4.78, 5) is 78.6. The van der Waals surface area contributed by atoms with Gasteiger partial charge in [-0.15, -0.1) is 0 Å². The van der Waals surface area contributed by atoms with Gasteiger partial charge in [0.2, 0.25) is 11.1 Å². The van der Waals surface area contributed by atoms with Gasteiger partial charge in [0.25, 0.3) is 11.8 Å². The number of carboxylic acids is 1. The van der Waals surface area contributed by atoms with E-state index in [0.717, 1.165) is 29.3 Å². The molecule has 342 valence electrons. The lowest BCUT2D eigenvalue weighted by atomic mass is 9.89. The van der Waals surface area contributed by atoms with Crippen molar-refractivity contribution in [2.24, 2.45) is 42.8 Å². The topological polar surface area (TPSA) is 218 Å². The zero-order chi connectivity index (χ0) is 48.3. The van der Waals surface area contributed by atoms with Crippen LogP contribution in [0.1, 0.15) is 85.9 Å². The second-order valence-corrected chi connectivity index (χ2v) is 18.1. The summed E-state index contributed by atoms with van der Waals surface area (Å²) in [5.74, 6) is -2.71. The Kier molecular flexibility index (Phi) is 21.0. The highest BCUT2D eigenvalue weighted by atomic mass is 35.5. The van der Waals surface area contributed by atoms with E-state index in [1.54, 1.807) is 132 Å². The van der Waals surface area contributed by atoms with Gasteiger partial charge in [0, 0.05) is 110 Å². The number of carboxylic acid groups (broad SMARTS) is 1. The Labute approximate surface area is 374 Å². The van der Waals surface area contributed by atoms with Crippen molar-refractivity contribution in [2.45, 2.75) is 69.2 Å². The molecule has 0 aromatic carbocycles. The van der Waals surface area contributed by atoms with Crippen LogP contribution >= 0.6 is 11.6 Å². The van der Waals surface area contributed by atoms with Gasteiger partial charge in [-0.3, -0.25) is 42.9 Å². The number of hydrogen-bond donors (Lipinski definition) is 2. The van der Waals surface area contributed by atoms with Crippen LogP contribution in [-0.2, 0) is 59.4 Å². The van der Waals surface area contributed by atoms with Crippen LogP contribution in [0.25, 0.3) is 18.2 Å². The molecule has 63 heavy (non-hydrogen) atoms. The summed E-state index contributed by atoms with van der Waals surface area (Å²) in [6.45, 7) is 19.7. The Morgan fingerprint density at radius 2 is 1.14 bits per heavy atom. The van der Waals surface area contributed by atoms with Gasteiger partial charge in [-0.2, -0.15) is 15.3 Å². The number of amides is 3. The number of aromatic nitrogens is 6. The summed E-state index contributed by atoms with van der Waals surface area (Å²) >= 11 is 5.11. The number of rotatable bonds is 6. The van der Waals surface area contributed by atoms with Crippen molar-refractivity contribution < 1.29 is 43.4 Å². The van der Waals surface area contributed by atoms with E-state index in [1.807, 2.05) is 26.0 Å². The Morgan fingerprint density at radius 1 is 0.714 bits per heavy atom. The van der Waals surface area contributed by atoms with Crippen LogP contribution in [0.15, 0.2) is 79.7 Å². The number of esters is 2. The van der Waals surface area contributed by atoms with Gasteiger partial charge in [0.1, 0.15) is 0 Å². The molecule has 0 fully saturated rings. The maximum absolute atomic E-state index is 12.0. The van der Waals surface area contributed by atoms with E-state index in [4.69, 9.17) is 16.7 Å². The molecule has 0 atom stereocenters. The smallest absolute Gasteiger partial charge is 0.338 e. The predicted octanol–water partition coefficient (Wildman–Crippen LogP) is 5.95. The van der Waals surface area contributed by atoms with E-state index in [2.05, 4.69) is 39.2 Å². The standard InChI is InChI=1S/C14H17N3O2.C12H16N2O3.C7H8N2O2.C7H11NO.C5H9ClO/c1-14(2)7-6-13(19)17(10-14)12(18)5-4-11-8-15-16(3)9-11;1-12(2,3)11(16)17-10(15)6-5-9-7-13-14(4)8-9;1-9-5-6(4-8-9)2-3-7(10)11;1-7(2)4-3-6(9)8-5-7;1-5(2,3)4(6)7/h4-9H,10H2,1-3H3;5-8H,1-4H3;2-5H,1H3,(H,10,11);3-4H,5H2,1-2H3,(H,8,9);1-3H3/b5-4+;6-5+;3-2+;;. The molecule has 0 radical (unpaired) electrons. The first kappa shape index (κ1) is 54.5. The molecule has 0 bridgehead atoms. The maximum atomic E-state index is 12.0. The SMILES string of the molecule is CC(C)(C)C(=O)Cl.CC1(C)C=CC(=O)NC1.Cn1cc(/C=C/C(=O)N2CC(C)(C)C=CC2=O)cn1.Cn1cc(/C=C/C(=O)O)cn1.Cn1cc(/C=C/C(=O)OC(=O)C(C)(C)C)cn1. The Morgan fingerprint density at radius 3 is 1.49 bits per heavy atom. The van der Waals surface area contributed by atoms with E-state index < -0.39 is 23.3 Å². The molecule has 2 aliphatic rings. The fourth-order valence-electron chi connectivity index (χ4n) is 4.29. The first-order chi connectivity index (χ1) is 28.9. The fraction of sp³-hybridized carbons (Fsp3) is 0.422. The van der Waals surface area contributed by atoms with Gasteiger partial charge in [-0.25, -0.2) is 9.59 Å². The zero-order valence-electron chi connectivity index (χ0n) is 38.4.